The van der Waals surface area contributed by atoms with Gasteiger partial charge in [0.15, 0.2) is 11.6 Å². The van der Waals surface area contributed by atoms with Crippen LogP contribution in [0.1, 0.15) is 57.9 Å². The SMILES string of the molecule is CCCCCOc1ccc(-c2ccc(CCCCC)cc2)cc1F. The Morgan fingerprint density at radius 2 is 1.46 bits per heavy atom. The van der Waals surface area contributed by atoms with Crippen LogP contribution in [0.15, 0.2) is 42.5 Å². The van der Waals surface area contributed by atoms with Crippen molar-refractivity contribution in [2.24, 2.45) is 0 Å². The summed E-state index contributed by atoms with van der Waals surface area (Å²) < 4.78 is 19.7. The zero-order valence-corrected chi connectivity index (χ0v) is 15.0. The smallest absolute Gasteiger partial charge is 0.165 e. The van der Waals surface area contributed by atoms with Gasteiger partial charge in [0.25, 0.3) is 0 Å². The second-order valence-electron chi connectivity index (χ2n) is 6.35. The molecule has 0 atom stereocenters. The molecule has 0 unspecified atom stereocenters. The Hall–Kier alpha value is -1.83. The van der Waals surface area contributed by atoms with Crippen LogP contribution in [0.5, 0.6) is 5.75 Å². The van der Waals surface area contributed by atoms with E-state index in [2.05, 4.69) is 38.1 Å². The van der Waals surface area contributed by atoms with E-state index in [0.29, 0.717) is 12.4 Å². The van der Waals surface area contributed by atoms with Crippen molar-refractivity contribution < 1.29 is 9.13 Å². The summed E-state index contributed by atoms with van der Waals surface area (Å²) in [5.41, 5.74) is 3.29. The van der Waals surface area contributed by atoms with Crippen LogP contribution < -0.4 is 4.74 Å². The summed E-state index contributed by atoms with van der Waals surface area (Å²) in [4.78, 5) is 0. The largest absolute Gasteiger partial charge is 0.491 e. The molecule has 130 valence electrons. The molecule has 0 aromatic heterocycles. The average Bonchev–Trinajstić information content (AvgIpc) is 2.61. The van der Waals surface area contributed by atoms with Gasteiger partial charge in [-0.3, -0.25) is 0 Å². The fourth-order valence-corrected chi connectivity index (χ4v) is 2.77. The molecule has 0 aliphatic heterocycles. The monoisotopic (exact) mass is 328 g/mol. The third-order valence-electron chi connectivity index (χ3n) is 4.29. The van der Waals surface area contributed by atoms with Gasteiger partial charge in [-0.15, -0.1) is 0 Å². The van der Waals surface area contributed by atoms with Crippen molar-refractivity contribution in [3.63, 3.8) is 0 Å². The highest BCUT2D eigenvalue weighted by Gasteiger charge is 2.06. The molecule has 24 heavy (non-hydrogen) atoms. The van der Waals surface area contributed by atoms with Crippen LogP contribution in [0.25, 0.3) is 11.1 Å². The standard InChI is InChI=1S/C22H29FO/c1-3-5-7-9-18-10-12-19(13-11-18)20-14-15-22(21(23)17-20)24-16-8-6-4-2/h10-15,17H,3-9,16H2,1-2H3. The lowest BCUT2D eigenvalue weighted by Crippen LogP contribution is -1.99. The van der Waals surface area contributed by atoms with Gasteiger partial charge < -0.3 is 4.74 Å². The van der Waals surface area contributed by atoms with Crippen LogP contribution in [0.3, 0.4) is 0 Å². The highest BCUT2D eigenvalue weighted by atomic mass is 19.1. The Bertz CT molecular complexity index is 604. The molecule has 2 heteroatoms. The Balaban J connectivity index is 1.97. The predicted molar refractivity (Wildman–Crippen MR) is 100 cm³/mol. The molecular formula is C22H29FO. The van der Waals surface area contributed by atoms with E-state index in [1.807, 2.05) is 6.07 Å². The van der Waals surface area contributed by atoms with Crippen LogP contribution in [-0.4, -0.2) is 6.61 Å². The predicted octanol–water partition coefficient (Wildman–Crippen LogP) is 6.79. The number of aryl methyl sites for hydroxylation is 1. The number of unbranched alkanes of at least 4 members (excludes halogenated alkanes) is 4. The van der Waals surface area contributed by atoms with Crippen LogP contribution >= 0.6 is 0 Å². The van der Waals surface area contributed by atoms with E-state index in [4.69, 9.17) is 4.74 Å². The third-order valence-corrected chi connectivity index (χ3v) is 4.29. The van der Waals surface area contributed by atoms with Gasteiger partial charge in [-0.2, -0.15) is 0 Å². The zero-order valence-electron chi connectivity index (χ0n) is 15.0. The molecule has 0 fully saturated rings. The fraction of sp³-hybridized carbons (Fsp3) is 0.455. The Morgan fingerprint density at radius 1 is 0.792 bits per heavy atom. The summed E-state index contributed by atoms with van der Waals surface area (Å²) in [6, 6.07) is 13.7. The van der Waals surface area contributed by atoms with Gasteiger partial charge >= 0.3 is 0 Å². The maximum absolute atomic E-state index is 14.2. The van der Waals surface area contributed by atoms with Gasteiger partial charge in [0.05, 0.1) is 6.61 Å². The second kappa shape index (κ2) is 10.1. The Kier molecular flexibility index (Phi) is 7.81. The highest BCUT2D eigenvalue weighted by molar-refractivity contribution is 5.64. The molecule has 0 spiro atoms. The van der Waals surface area contributed by atoms with E-state index < -0.39 is 0 Å². The lowest BCUT2D eigenvalue weighted by molar-refractivity contribution is 0.291. The van der Waals surface area contributed by atoms with Gasteiger partial charge in [-0.25, -0.2) is 4.39 Å². The average molecular weight is 328 g/mol. The number of hydrogen-bond acceptors (Lipinski definition) is 1. The van der Waals surface area contributed by atoms with Gasteiger partial charge in [0.2, 0.25) is 0 Å². The minimum atomic E-state index is -0.281. The first kappa shape index (κ1) is 18.5. The molecule has 2 aromatic carbocycles. The van der Waals surface area contributed by atoms with Gasteiger partial charge in [0.1, 0.15) is 0 Å². The van der Waals surface area contributed by atoms with E-state index >= 15 is 0 Å². The fourth-order valence-electron chi connectivity index (χ4n) is 2.77. The van der Waals surface area contributed by atoms with Crippen molar-refractivity contribution in [1.82, 2.24) is 0 Å². The molecular weight excluding hydrogens is 299 g/mol. The molecule has 0 heterocycles. The molecule has 2 rings (SSSR count). The molecule has 0 saturated heterocycles. The molecule has 0 N–H and O–H groups in total. The van der Waals surface area contributed by atoms with Crippen molar-refractivity contribution in [3.05, 3.63) is 53.8 Å². The van der Waals surface area contributed by atoms with Gasteiger partial charge in [0, 0.05) is 0 Å². The first-order chi connectivity index (χ1) is 11.7. The third kappa shape index (κ3) is 5.67. The normalized spacial score (nSPS) is 10.8. The molecule has 0 amide bonds. The van der Waals surface area contributed by atoms with E-state index in [9.17, 15) is 4.39 Å². The van der Waals surface area contributed by atoms with Crippen molar-refractivity contribution >= 4 is 0 Å². The Labute approximate surface area is 145 Å². The first-order valence-electron chi connectivity index (χ1n) is 9.26. The van der Waals surface area contributed by atoms with Crippen LogP contribution in [0.4, 0.5) is 4.39 Å². The minimum Gasteiger partial charge on any atom is -0.491 e. The number of benzene rings is 2. The van der Waals surface area contributed by atoms with Gasteiger partial charge in [-0.1, -0.05) is 69.9 Å². The minimum absolute atomic E-state index is 0.281. The lowest BCUT2D eigenvalue weighted by Gasteiger charge is -2.09. The molecule has 0 aliphatic carbocycles. The van der Waals surface area contributed by atoms with Crippen molar-refractivity contribution in [1.29, 1.82) is 0 Å². The maximum Gasteiger partial charge on any atom is 0.165 e. The molecule has 0 bridgehead atoms. The molecule has 2 aromatic rings. The number of hydrogen-bond donors (Lipinski definition) is 0. The molecule has 0 aliphatic rings. The summed E-state index contributed by atoms with van der Waals surface area (Å²) in [7, 11) is 0. The van der Waals surface area contributed by atoms with E-state index in [1.165, 1.54) is 24.8 Å². The van der Waals surface area contributed by atoms with E-state index in [1.54, 1.807) is 12.1 Å². The quantitative estimate of drug-likeness (QED) is 0.436. The second-order valence-corrected chi connectivity index (χ2v) is 6.35. The first-order valence-corrected chi connectivity index (χ1v) is 9.26. The maximum atomic E-state index is 14.2. The van der Waals surface area contributed by atoms with E-state index in [-0.39, 0.29) is 5.82 Å². The summed E-state index contributed by atoms with van der Waals surface area (Å²) >= 11 is 0. The van der Waals surface area contributed by atoms with Crippen LogP contribution in [-0.2, 0) is 6.42 Å². The van der Waals surface area contributed by atoms with E-state index in [0.717, 1.165) is 36.8 Å². The topological polar surface area (TPSA) is 9.23 Å². The summed E-state index contributed by atoms with van der Waals surface area (Å²) in [6.07, 6.45) is 8.08. The van der Waals surface area contributed by atoms with Crippen LogP contribution in [0, 0.1) is 5.82 Å². The van der Waals surface area contributed by atoms with Crippen molar-refractivity contribution in [2.75, 3.05) is 6.61 Å². The molecule has 0 radical (unpaired) electrons. The number of ether oxygens (including phenoxy) is 1. The van der Waals surface area contributed by atoms with Crippen molar-refractivity contribution in [3.8, 4) is 16.9 Å². The van der Waals surface area contributed by atoms with Crippen molar-refractivity contribution in [2.45, 2.75) is 58.8 Å². The summed E-state index contributed by atoms with van der Waals surface area (Å²) in [5, 5.41) is 0. The number of halogens is 1. The number of rotatable bonds is 10. The van der Waals surface area contributed by atoms with Crippen LogP contribution in [0.2, 0.25) is 0 Å². The lowest BCUT2D eigenvalue weighted by atomic mass is 10.0. The van der Waals surface area contributed by atoms with Gasteiger partial charge in [-0.05, 0) is 48.1 Å². The summed E-state index contributed by atoms with van der Waals surface area (Å²) in [6.45, 7) is 4.94. The highest BCUT2D eigenvalue weighted by Crippen LogP contribution is 2.26. The Morgan fingerprint density at radius 3 is 2.12 bits per heavy atom. The summed E-state index contributed by atoms with van der Waals surface area (Å²) in [5.74, 6) is 0.0714. The molecule has 0 saturated carbocycles. The molecule has 1 nitrogen and oxygen atoms in total. The zero-order chi connectivity index (χ0) is 17.2.